The molecule has 72 valence electrons. The van der Waals surface area contributed by atoms with E-state index in [1.165, 1.54) is 44.4 Å². The van der Waals surface area contributed by atoms with Crippen molar-refractivity contribution in [1.29, 1.82) is 0 Å². The molecular formula is C11H23P. The van der Waals surface area contributed by atoms with Crippen molar-refractivity contribution in [3.05, 3.63) is 12.2 Å². The minimum absolute atomic E-state index is 1.16. The predicted molar refractivity (Wildman–Crippen MR) is 61.6 cm³/mol. The summed E-state index contributed by atoms with van der Waals surface area (Å²) in [5.41, 5.74) is 0. The molecule has 0 aromatic carbocycles. The van der Waals surface area contributed by atoms with Crippen LogP contribution in [0.1, 0.15) is 46.0 Å². The molecule has 0 fully saturated rings. The Hall–Kier alpha value is 0.170. The predicted octanol–water partition coefficient (Wildman–Crippen LogP) is 4.21. The molecule has 12 heavy (non-hydrogen) atoms. The van der Waals surface area contributed by atoms with Crippen LogP contribution in [0.5, 0.6) is 0 Å². The van der Waals surface area contributed by atoms with E-state index in [0.29, 0.717) is 0 Å². The number of rotatable bonds is 8. The Kier molecular flexibility index (Phi) is 11.3. The third-order valence-corrected chi connectivity index (χ3v) is 3.19. The highest BCUT2D eigenvalue weighted by molar-refractivity contribution is 7.38. The fourth-order valence-electron chi connectivity index (χ4n) is 1.16. The van der Waals surface area contributed by atoms with E-state index in [4.69, 9.17) is 0 Å². The van der Waals surface area contributed by atoms with Crippen LogP contribution in [0, 0.1) is 0 Å². The molecule has 0 spiro atoms. The lowest BCUT2D eigenvalue weighted by Gasteiger charge is -1.98. The van der Waals surface area contributed by atoms with Gasteiger partial charge in [0, 0.05) is 0 Å². The summed E-state index contributed by atoms with van der Waals surface area (Å²) >= 11 is 0. The molecule has 1 unspecified atom stereocenters. The van der Waals surface area contributed by atoms with Crippen LogP contribution >= 0.6 is 8.58 Å². The Morgan fingerprint density at radius 2 is 1.83 bits per heavy atom. The summed E-state index contributed by atoms with van der Waals surface area (Å²) in [7, 11) is 1.16. The Balaban J connectivity index is 2.81. The third kappa shape index (κ3) is 10.2. The molecule has 1 atom stereocenters. The lowest BCUT2D eigenvalue weighted by atomic mass is 10.2. The molecule has 1 heteroatoms. The van der Waals surface area contributed by atoms with Crippen molar-refractivity contribution in [2.75, 3.05) is 12.3 Å². The molecule has 0 N–H and O–H groups in total. The van der Waals surface area contributed by atoms with Crippen LogP contribution in [0.4, 0.5) is 0 Å². The van der Waals surface area contributed by atoms with Gasteiger partial charge in [0.2, 0.25) is 0 Å². The highest BCUT2D eigenvalue weighted by atomic mass is 31.1. The molecule has 0 aliphatic heterocycles. The second kappa shape index (κ2) is 11.2. The zero-order chi connectivity index (χ0) is 9.07. The zero-order valence-electron chi connectivity index (χ0n) is 8.60. The molecule has 0 amide bonds. The third-order valence-electron chi connectivity index (χ3n) is 1.95. The van der Waals surface area contributed by atoms with Crippen molar-refractivity contribution >= 4 is 8.58 Å². The van der Waals surface area contributed by atoms with Gasteiger partial charge < -0.3 is 0 Å². The van der Waals surface area contributed by atoms with Crippen LogP contribution in [0.2, 0.25) is 0 Å². The van der Waals surface area contributed by atoms with Crippen molar-refractivity contribution < 1.29 is 0 Å². The fraction of sp³-hybridized carbons (Fsp3) is 0.818. The second-order valence-corrected chi connectivity index (χ2v) is 4.60. The smallest absolute Gasteiger partial charge is 0.0172 e. The van der Waals surface area contributed by atoms with E-state index in [9.17, 15) is 0 Å². The van der Waals surface area contributed by atoms with Crippen LogP contribution in [0.25, 0.3) is 0 Å². The summed E-state index contributed by atoms with van der Waals surface area (Å²) in [6.45, 7) is 4.37. The summed E-state index contributed by atoms with van der Waals surface area (Å²) in [6.07, 6.45) is 14.4. The molecule has 0 aromatic heterocycles. The first-order valence-corrected chi connectivity index (χ1v) is 6.65. The molecule has 0 aliphatic carbocycles. The van der Waals surface area contributed by atoms with Gasteiger partial charge in [-0.2, -0.15) is 0 Å². The van der Waals surface area contributed by atoms with Crippen molar-refractivity contribution in [3.63, 3.8) is 0 Å². The van der Waals surface area contributed by atoms with Crippen LogP contribution in [0.3, 0.4) is 0 Å². The first-order valence-electron chi connectivity index (χ1n) is 5.23. The minimum Gasteiger partial charge on any atom is -0.118 e. The topological polar surface area (TPSA) is 0 Å². The van der Waals surface area contributed by atoms with Gasteiger partial charge in [-0.1, -0.05) is 44.8 Å². The van der Waals surface area contributed by atoms with Crippen LogP contribution in [0.15, 0.2) is 12.2 Å². The Morgan fingerprint density at radius 3 is 2.50 bits per heavy atom. The molecule has 0 aromatic rings. The number of hydrogen-bond donors (Lipinski definition) is 0. The van der Waals surface area contributed by atoms with Gasteiger partial charge in [-0.25, -0.2) is 0 Å². The van der Waals surface area contributed by atoms with E-state index < -0.39 is 0 Å². The first kappa shape index (κ1) is 12.2. The van der Waals surface area contributed by atoms with Gasteiger partial charge >= 0.3 is 0 Å². The molecule has 0 bridgehead atoms. The van der Waals surface area contributed by atoms with E-state index in [-0.39, 0.29) is 0 Å². The summed E-state index contributed by atoms with van der Waals surface area (Å²) in [5.74, 6) is 0. The number of allylic oxidation sites excluding steroid dienone is 2. The van der Waals surface area contributed by atoms with Crippen molar-refractivity contribution in [1.82, 2.24) is 0 Å². The molecule has 0 aliphatic rings. The molecule has 0 nitrogen and oxygen atoms in total. The molecule has 0 rings (SSSR count). The SMILES string of the molecule is CC=CCPCCCCCCC. The normalized spacial score (nSPS) is 12.2. The molecule has 0 saturated heterocycles. The highest BCUT2D eigenvalue weighted by Crippen LogP contribution is 2.14. The summed E-state index contributed by atoms with van der Waals surface area (Å²) in [5, 5.41) is 0. The maximum Gasteiger partial charge on any atom is -0.0172 e. The van der Waals surface area contributed by atoms with Gasteiger partial charge in [0.15, 0.2) is 0 Å². The van der Waals surface area contributed by atoms with Gasteiger partial charge in [-0.15, -0.1) is 8.58 Å². The average molecular weight is 186 g/mol. The molecule has 0 heterocycles. The maximum atomic E-state index is 2.28. The summed E-state index contributed by atoms with van der Waals surface area (Å²) in [6, 6.07) is 0. The lowest BCUT2D eigenvalue weighted by Crippen LogP contribution is -1.80. The standard InChI is InChI=1S/C11H23P/c1-3-5-7-8-9-11-12-10-6-4-2/h4,6,12H,3,5,7-11H2,1-2H3. The Bertz CT molecular complexity index is 97.2. The maximum absolute atomic E-state index is 2.28. The number of unbranched alkanes of at least 4 members (excludes halogenated alkanes) is 4. The van der Waals surface area contributed by atoms with E-state index in [0.717, 1.165) is 8.58 Å². The largest absolute Gasteiger partial charge is 0.118 e. The minimum atomic E-state index is 1.16. The monoisotopic (exact) mass is 186 g/mol. The molecular weight excluding hydrogens is 163 g/mol. The second-order valence-electron chi connectivity index (χ2n) is 3.19. The van der Waals surface area contributed by atoms with E-state index in [1.807, 2.05) is 0 Å². The summed E-state index contributed by atoms with van der Waals surface area (Å²) < 4.78 is 0. The van der Waals surface area contributed by atoms with Gasteiger partial charge in [0.1, 0.15) is 0 Å². The first-order chi connectivity index (χ1) is 5.91. The molecule has 0 saturated carbocycles. The zero-order valence-corrected chi connectivity index (χ0v) is 9.60. The fourth-order valence-corrected chi connectivity index (χ4v) is 2.26. The van der Waals surface area contributed by atoms with Crippen LogP contribution < -0.4 is 0 Å². The number of hydrogen-bond acceptors (Lipinski definition) is 0. The highest BCUT2D eigenvalue weighted by Gasteiger charge is 1.88. The van der Waals surface area contributed by atoms with E-state index >= 15 is 0 Å². The van der Waals surface area contributed by atoms with Crippen LogP contribution in [-0.4, -0.2) is 12.3 Å². The van der Waals surface area contributed by atoms with Crippen molar-refractivity contribution in [2.45, 2.75) is 46.0 Å². The van der Waals surface area contributed by atoms with Gasteiger partial charge in [0.25, 0.3) is 0 Å². The molecule has 0 radical (unpaired) electrons. The van der Waals surface area contributed by atoms with Crippen molar-refractivity contribution in [3.8, 4) is 0 Å². The summed E-state index contributed by atoms with van der Waals surface area (Å²) in [4.78, 5) is 0. The van der Waals surface area contributed by atoms with Crippen LogP contribution in [-0.2, 0) is 0 Å². The lowest BCUT2D eigenvalue weighted by molar-refractivity contribution is 0.659. The quantitative estimate of drug-likeness (QED) is 0.302. The van der Waals surface area contributed by atoms with E-state index in [2.05, 4.69) is 26.0 Å². The average Bonchev–Trinajstić information content (AvgIpc) is 2.10. The van der Waals surface area contributed by atoms with Gasteiger partial charge in [-0.05, 0) is 25.7 Å². The van der Waals surface area contributed by atoms with E-state index in [1.54, 1.807) is 0 Å². The van der Waals surface area contributed by atoms with Gasteiger partial charge in [0.05, 0.1) is 0 Å². The van der Waals surface area contributed by atoms with Crippen molar-refractivity contribution in [2.24, 2.45) is 0 Å². The van der Waals surface area contributed by atoms with Gasteiger partial charge in [-0.3, -0.25) is 0 Å². The Morgan fingerprint density at radius 1 is 1.08 bits per heavy atom. The Labute approximate surface area is 79.6 Å².